The Labute approximate surface area is 76.3 Å². The van der Waals surface area contributed by atoms with Gasteiger partial charge in [-0.25, -0.2) is 0 Å². The molecule has 0 saturated heterocycles. The molecule has 0 amide bonds. The number of hydrogen-bond donors (Lipinski definition) is 1. The van der Waals surface area contributed by atoms with E-state index in [1.165, 1.54) is 32.1 Å². The molecule has 2 atom stereocenters. The molecule has 1 fully saturated rings. The van der Waals surface area contributed by atoms with Gasteiger partial charge >= 0.3 is 0 Å². The lowest BCUT2D eigenvalue weighted by atomic mass is 10.1. The molecule has 0 bridgehead atoms. The number of hydrogen-bond acceptors (Lipinski definition) is 2. The largest absolute Gasteiger partial charge is 0.317 e. The second kappa shape index (κ2) is 4.83. The summed E-state index contributed by atoms with van der Waals surface area (Å²) in [4.78, 5) is 2.37. The average Bonchev–Trinajstić information content (AvgIpc) is 2.28. The van der Waals surface area contributed by atoms with Crippen LogP contribution in [0.5, 0.6) is 0 Å². The Bertz CT molecular complexity index is 123. The van der Waals surface area contributed by atoms with Crippen LogP contribution in [0.4, 0.5) is 0 Å². The van der Waals surface area contributed by atoms with Gasteiger partial charge in [0.25, 0.3) is 0 Å². The van der Waals surface area contributed by atoms with E-state index in [1.807, 2.05) is 0 Å². The van der Waals surface area contributed by atoms with Crippen molar-refractivity contribution >= 4 is 0 Å². The van der Waals surface area contributed by atoms with E-state index in [9.17, 15) is 0 Å². The first kappa shape index (κ1) is 10.0. The molecule has 0 radical (unpaired) electrons. The van der Waals surface area contributed by atoms with Crippen LogP contribution in [0.25, 0.3) is 0 Å². The highest BCUT2D eigenvalue weighted by molar-refractivity contribution is 4.78. The normalized spacial score (nSPS) is 32.0. The number of nitrogens with one attached hydrogen (secondary N) is 1. The van der Waals surface area contributed by atoms with Gasteiger partial charge in [-0.05, 0) is 40.4 Å². The van der Waals surface area contributed by atoms with E-state index in [-0.39, 0.29) is 0 Å². The van der Waals surface area contributed by atoms with Gasteiger partial charge in [0, 0.05) is 12.1 Å². The highest BCUT2D eigenvalue weighted by Gasteiger charge is 2.19. The van der Waals surface area contributed by atoms with E-state index in [0.717, 1.165) is 12.1 Å². The molecule has 2 nitrogen and oxygen atoms in total. The standard InChI is InChI=1S/C10H22N2/c1-11-9-6-4-5-7-10(8-9)12(2)3/h9-11H,4-8H2,1-3H3. The fourth-order valence-corrected chi connectivity index (χ4v) is 2.07. The van der Waals surface area contributed by atoms with Crippen molar-refractivity contribution < 1.29 is 0 Å². The van der Waals surface area contributed by atoms with Gasteiger partial charge in [0.15, 0.2) is 0 Å². The predicted molar refractivity (Wildman–Crippen MR) is 53.4 cm³/mol. The zero-order valence-electron chi connectivity index (χ0n) is 8.64. The first-order valence-corrected chi connectivity index (χ1v) is 5.07. The molecule has 0 spiro atoms. The van der Waals surface area contributed by atoms with Crippen LogP contribution < -0.4 is 5.32 Å². The minimum absolute atomic E-state index is 0.750. The number of rotatable bonds is 2. The van der Waals surface area contributed by atoms with Crippen LogP contribution in [0.3, 0.4) is 0 Å². The summed E-state index contributed by atoms with van der Waals surface area (Å²) >= 11 is 0. The zero-order valence-corrected chi connectivity index (χ0v) is 8.64. The summed E-state index contributed by atoms with van der Waals surface area (Å²) in [5, 5.41) is 3.40. The maximum absolute atomic E-state index is 3.40. The summed E-state index contributed by atoms with van der Waals surface area (Å²) in [6, 6.07) is 1.55. The van der Waals surface area contributed by atoms with E-state index in [0.29, 0.717) is 0 Å². The lowest BCUT2D eigenvalue weighted by Crippen LogP contribution is -2.35. The van der Waals surface area contributed by atoms with Crippen LogP contribution in [0, 0.1) is 0 Å². The van der Waals surface area contributed by atoms with Crippen molar-refractivity contribution in [2.75, 3.05) is 21.1 Å². The Morgan fingerprint density at radius 3 is 2.42 bits per heavy atom. The van der Waals surface area contributed by atoms with Crippen molar-refractivity contribution in [2.24, 2.45) is 0 Å². The molecule has 2 heteroatoms. The van der Waals surface area contributed by atoms with E-state index < -0.39 is 0 Å². The third-order valence-corrected chi connectivity index (χ3v) is 3.04. The highest BCUT2D eigenvalue weighted by atomic mass is 15.1. The van der Waals surface area contributed by atoms with Crippen LogP contribution in [-0.2, 0) is 0 Å². The lowest BCUT2D eigenvalue weighted by molar-refractivity contribution is 0.253. The molecule has 1 rings (SSSR count). The topological polar surface area (TPSA) is 15.3 Å². The molecule has 0 aromatic rings. The van der Waals surface area contributed by atoms with Crippen molar-refractivity contribution in [1.29, 1.82) is 0 Å². The summed E-state index contributed by atoms with van der Waals surface area (Å²) in [5.41, 5.74) is 0. The maximum atomic E-state index is 3.40. The molecule has 72 valence electrons. The van der Waals surface area contributed by atoms with Crippen molar-refractivity contribution in [3.05, 3.63) is 0 Å². The van der Waals surface area contributed by atoms with Crippen LogP contribution in [0.15, 0.2) is 0 Å². The molecule has 2 unspecified atom stereocenters. The van der Waals surface area contributed by atoms with Crippen LogP contribution >= 0.6 is 0 Å². The molecule has 12 heavy (non-hydrogen) atoms. The zero-order chi connectivity index (χ0) is 8.97. The molecule has 1 aliphatic carbocycles. The highest BCUT2D eigenvalue weighted by Crippen LogP contribution is 2.20. The second-order valence-electron chi connectivity index (χ2n) is 4.12. The van der Waals surface area contributed by atoms with Crippen molar-refractivity contribution in [3.63, 3.8) is 0 Å². The Kier molecular flexibility index (Phi) is 4.02. The smallest absolute Gasteiger partial charge is 0.0104 e. The fourth-order valence-electron chi connectivity index (χ4n) is 2.07. The van der Waals surface area contributed by atoms with E-state index in [4.69, 9.17) is 0 Å². The summed E-state index contributed by atoms with van der Waals surface area (Å²) in [6.07, 6.45) is 6.87. The second-order valence-corrected chi connectivity index (χ2v) is 4.12. The molecule has 1 N–H and O–H groups in total. The van der Waals surface area contributed by atoms with Gasteiger partial charge in [-0.2, -0.15) is 0 Å². The van der Waals surface area contributed by atoms with Gasteiger partial charge in [0.1, 0.15) is 0 Å². The molecular formula is C10H22N2. The third kappa shape index (κ3) is 2.76. The summed E-state index contributed by atoms with van der Waals surface area (Å²) < 4.78 is 0. The summed E-state index contributed by atoms with van der Waals surface area (Å²) in [5.74, 6) is 0. The van der Waals surface area contributed by atoms with Gasteiger partial charge in [-0.3, -0.25) is 0 Å². The monoisotopic (exact) mass is 170 g/mol. The first-order valence-electron chi connectivity index (χ1n) is 5.07. The molecule has 0 aliphatic heterocycles. The molecule has 0 aromatic heterocycles. The SMILES string of the molecule is CNC1CCCCC(N(C)C)C1. The summed E-state index contributed by atoms with van der Waals surface area (Å²) in [6.45, 7) is 0. The predicted octanol–water partition coefficient (Wildman–Crippen LogP) is 1.47. The maximum Gasteiger partial charge on any atom is 0.0104 e. The van der Waals surface area contributed by atoms with Crippen LogP contribution in [-0.4, -0.2) is 38.1 Å². The minimum atomic E-state index is 0.750. The van der Waals surface area contributed by atoms with Crippen LogP contribution in [0.2, 0.25) is 0 Å². The van der Waals surface area contributed by atoms with E-state index in [1.54, 1.807) is 0 Å². The van der Waals surface area contributed by atoms with Crippen molar-refractivity contribution in [3.8, 4) is 0 Å². The Balaban J connectivity index is 2.42. The van der Waals surface area contributed by atoms with E-state index >= 15 is 0 Å². The van der Waals surface area contributed by atoms with Crippen molar-refractivity contribution in [1.82, 2.24) is 10.2 Å². The molecule has 0 heterocycles. The Hall–Kier alpha value is -0.0800. The lowest BCUT2D eigenvalue weighted by Gasteiger charge is -2.25. The van der Waals surface area contributed by atoms with Gasteiger partial charge in [0.05, 0.1) is 0 Å². The quantitative estimate of drug-likeness (QED) is 0.631. The Morgan fingerprint density at radius 2 is 1.83 bits per heavy atom. The molecule has 1 saturated carbocycles. The van der Waals surface area contributed by atoms with Crippen molar-refractivity contribution in [2.45, 2.75) is 44.2 Å². The average molecular weight is 170 g/mol. The molecule has 1 aliphatic rings. The summed E-state index contributed by atoms with van der Waals surface area (Å²) in [7, 11) is 6.48. The minimum Gasteiger partial charge on any atom is -0.317 e. The van der Waals surface area contributed by atoms with Crippen LogP contribution in [0.1, 0.15) is 32.1 Å². The molecule has 0 aromatic carbocycles. The van der Waals surface area contributed by atoms with Gasteiger partial charge in [-0.15, -0.1) is 0 Å². The van der Waals surface area contributed by atoms with Gasteiger partial charge in [-0.1, -0.05) is 12.8 Å². The molecular weight excluding hydrogens is 148 g/mol. The number of nitrogens with zero attached hydrogens (tertiary/aromatic N) is 1. The fraction of sp³-hybridized carbons (Fsp3) is 1.00. The van der Waals surface area contributed by atoms with Gasteiger partial charge < -0.3 is 10.2 Å². The van der Waals surface area contributed by atoms with Gasteiger partial charge in [0.2, 0.25) is 0 Å². The van der Waals surface area contributed by atoms with E-state index in [2.05, 4.69) is 31.4 Å². The first-order chi connectivity index (χ1) is 5.74. The third-order valence-electron chi connectivity index (χ3n) is 3.04. The Morgan fingerprint density at radius 1 is 1.17 bits per heavy atom.